The van der Waals surface area contributed by atoms with Gasteiger partial charge in [0.1, 0.15) is 5.82 Å². The number of hydrogen-bond acceptors (Lipinski definition) is 2. The molecule has 1 unspecified atom stereocenters. The van der Waals surface area contributed by atoms with Crippen LogP contribution < -0.4 is 5.73 Å². The summed E-state index contributed by atoms with van der Waals surface area (Å²) in [5.41, 5.74) is 8.24. The van der Waals surface area contributed by atoms with Crippen molar-refractivity contribution in [2.75, 3.05) is 0 Å². The third-order valence-corrected chi connectivity index (χ3v) is 3.27. The third kappa shape index (κ3) is 2.42. The molecule has 2 aromatic rings. The molecular formula is C13H16BrN3. The second kappa shape index (κ2) is 5.02. The third-order valence-electron chi connectivity index (χ3n) is 2.78. The molecule has 90 valence electrons. The van der Waals surface area contributed by atoms with Crippen LogP contribution in [0.25, 0.3) is 5.69 Å². The Hall–Kier alpha value is -1.13. The Morgan fingerprint density at radius 1 is 1.47 bits per heavy atom. The number of nitrogens with zero attached hydrogens (tertiary/aromatic N) is 2. The van der Waals surface area contributed by atoms with Gasteiger partial charge in [0, 0.05) is 29.3 Å². The molecule has 0 radical (unpaired) electrons. The summed E-state index contributed by atoms with van der Waals surface area (Å²) in [6.07, 6.45) is 4.70. The maximum atomic E-state index is 6.01. The van der Waals surface area contributed by atoms with Crippen molar-refractivity contribution in [3.8, 4) is 5.69 Å². The van der Waals surface area contributed by atoms with E-state index in [1.54, 1.807) is 0 Å². The summed E-state index contributed by atoms with van der Waals surface area (Å²) in [6, 6.07) is 6.17. The zero-order chi connectivity index (χ0) is 12.4. The molecule has 0 fully saturated rings. The van der Waals surface area contributed by atoms with Crippen molar-refractivity contribution < 1.29 is 0 Å². The lowest BCUT2D eigenvalue weighted by Gasteiger charge is -2.15. The number of benzene rings is 1. The minimum Gasteiger partial charge on any atom is -0.324 e. The molecule has 17 heavy (non-hydrogen) atoms. The number of aryl methyl sites for hydroxylation is 1. The zero-order valence-electron chi connectivity index (χ0n) is 10.0. The van der Waals surface area contributed by atoms with Crippen LogP contribution in [0.4, 0.5) is 0 Å². The van der Waals surface area contributed by atoms with Crippen LogP contribution in [0.15, 0.2) is 35.1 Å². The molecule has 0 aliphatic heterocycles. The van der Waals surface area contributed by atoms with Crippen LogP contribution in [-0.4, -0.2) is 9.55 Å². The van der Waals surface area contributed by atoms with E-state index >= 15 is 0 Å². The minimum atomic E-state index is 0.00482. The second-order valence-electron chi connectivity index (χ2n) is 4.06. The summed E-state index contributed by atoms with van der Waals surface area (Å²) in [7, 11) is 0. The highest BCUT2D eigenvalue weighted by Crippen LogP contribution is 2.25. The average molecular weight is 294 g/mol. The molecule has 2 N–H and O–H groups in total. The lowest BCUT2D eigenvalue weighted by Crippen LogP contribution is -2.11. The van der Waals surface area contributed by atoms with E-state index < -0.39 is 0 Å². The Morgan fingerprint density at radius 3 is 2.88 bits per heavy atom. The van der Waals surface area contributed by atoms with Gasteiger partial charge >= 0.3 is 0 Å². The fourth-order valence-corrected chi connectivity index (χ4v) is 2.27. The molecular weight excluding hydrogens is 278 g/mol. The van der Waals surface area contributed by atoms with Crippen LogP contribution in [0.1, 0.15) is 31.3 Å². The predicted octanol–water partition coefficient (Wildman–Crippen LogP) is 3.22. The minimum absolute atomic E-state index is 0.00482. The van der Waals surface area contributed by atoms with E-state index in [9.17, 15) is 0 Å². The molecule has 3 nitrogen and oxygen atoms in total. The van der Waals surface area contributed by atoms with Crippen molar-refractivity contribution in [3.63, 3.8) is 0 Å². The highest BCUT2D eigenvalue weighted by Gasteiger charge is 2.11. The highest BCUT2D eigenvalue weighted by molar-refractivity contribution is 9.10. The first-order valence-electron chi connectivity index (χ1n) is 5.71. The van der Waals surface area contributed by atoms with E-state index in [1.165, 1.54) is 0 Å². The van der Waals surface area contributed by atoms with Crippen molar-refractivity contribution in [2.45, 2.75) is 26.3 Å². The van der Waals surface area contributed by atoms with Gasteiger partial charge in [-0.3, -0.25) is 0 Å². The standard InChI is InChI=1S/C13H16BrN3/c1-3-13-16-6-7-17(13)12-8-10(14)4-5-11(12)9(2)15/h4-9H,3,15H2,1-2H3. The van der Waals surface area contributed by atoms with E-state index in [0.29, 0.717) is 0 Å². The van der Waals surface area contributed by atoms with Gasteiger partial charge in [0.25, 0.3) is 0 Å². The van der Waals surface area contributed by atoms with E-state index in [-0.39, 0.29) is 6.04 Å². The number of halogens is 1. The van der Waals surface area contributed by atoms with E-state index in [0.717, 1.165) is 28.0 Å². The van der Waals surface area contributed by atoms with Crippen LogP contribution in [0.2, 0.25) is 0 Å². The summed E-state index contributed by atoms with van der Waals surface area (Å²) in [5, 5.41) is 0. The van der Waals surface area contributed by atoms with Gasteiger partial charge in [-0.05, 0) is 24.6 Å². The van der Waals surface area contributed by atoms with E-state index in [1.807, 2.05) is 25.4 Å². The smallest absolute Gasteiger partial charge is 0.112 e. The molecule has 4 heteroatoms. The Morgan fingerprint density at radius 2 is 2.24 bits per heavy atom. The van der Waals surface area contributed by atoms with Gasteiger partial charge in [-0.25, -0.2) is 4.98 Å². The molecule has 0 aliphatic rings. The van der Waals surface area contributed by atoms with Crippen LogP contribution in [0.5, 0.6) is 0 Å². The Labute approximate surface area is 110 Å². The molecule has 0 spiro atoms. The maximum Gasteiger partial charge on any atom is 0.112 e. The topological polar surface area (TPSA) is 43.8 Å². The lowest BCUT2D eigenvalue weighted by atomic mass is 10.1. The largest absolute Gasteiger partial charge is 0.324 e. The van der Waals surface area contributed by atoms with Gasteiger partial charge in [0.2, 0.25) is 0 Å². The zero-order valence-corrected chi connectivity index (χ0v) is 11.6. The molecule has 0 aliphatic carbocycles. The van der Waals surface area contributed by atoms with Crippen LogP contribution in [0.3, 0.4) is 0 Å². The van der Waals surface area contributed by atoms with Crippen LogP contribution >= 0.6 is 15.9 Å². The monoisotopic (exact) mass is 293 g/mol. The summed E-state index contributed by atoms with van der Waals surface area (Å²) in [6.45, 7) is 4.09. The molecule has 0 saturated carbocycles. The molecule has 1 heterocycles. The van der Waals surface area contributed by atoms with E-state index in [4.69, 9.17) is 5.73 Å². The quantitative estimate of drug-likeness (QED) is 0.944. The molecule has 0 saturated heterocycles. The van der Waals surface area contributed by atoms with Gasteiger partial charge < -0.3 is 10.3 Å². The van der Waals surface area contributed by atoms with Gasteiger partial charge in [-0.2, -0.15) is 0 Å². The molecule has 0 amide bonds. The molecule has 1 aromatic heterocycles. The number of imidazole rings is 1. The number of hydrogen-bond donors (Lipinski definition) is 1. The molecule has 2 rings (SSSR count). The SMILES string of the molecule is CCc1nccn1-c1cc(Br)ccc1C(C)N. The fourth-order valence-electron chi connectivity index (χ4n) is 1.93. The normalized spacial score (nSPS) is 12.7. The van der Waals surface area contributed by atoms with Crippen molar-refractivity contribution >= 4 is 15.9 Å². The predicted molar refractivity (Wildman–Crippen MR) is 73.2 cm³/mol. The average Bonchev–Trinajstić information content (AvgIpc) is 2.76. The Balaban J connectivity index is 2.61. The van der Waals surface area contributed by atoms with Crippen molar-refractivity contribution in [1.82, 2.24) is 9.55 Å². The first kappa shape index (κ1) is 12.3. The summed E-state index contributed by atoms with van der Waals surface area (Å²) in [4.78, 5) is 4.35. The van der Waals surface area contributed by atoms with Gasteiger partial charge in [-0.1, -0.05) is 28.9 Å². The van der Waals surface area contributed by atoms with Crippen molar-refractivity contribution in [3.05, 3.63) is 46.5 Å². The van der Waals surface area contributed by atoms with Gasteiger partial charge in [0.15, 0.2) is 0 Å². The molecule has 1 aromatic carbocycles. The van der Waals surface area contributed by atoms with Crippen molar-refractivity contribution in [2.24, 2.45) is 5.73 Å². The van der Waals surface area contributed by atoms with Crippen LogP contribution in [-0.2, 0) is 6.42 Å². The molecule has 0 bridgehead atoms. The van der Waals surface area contributed by atoms with Crippen molar-refractivity contribution in [1.29, 1.82) is 0 Å². The number of aromatic nitrogens is 2. The second-order valence-corrected chi connectivity index (χ2v) is 4.97. The summed E-state index contributed by atoms with van der Waals surface area (Å²) < 4.78 is 3.15. The first-order valence-corrected chi connectivity index (χ1v) is 6.50. The number of nitrogens with two attached hydrogens (primary N) is 1. The lowest BCUT2D eigenvalue weighted by molar-refractivity contribution is 0.791. The first-order chi connectivity index (χ1) is 8.13. The summed E-state index contributed by atoms with van der Waals surface area (Å²) in [5.74, 6) is 1.05. The Bertz CT molecular complexity index is 517. The number of rotatable bonds is 3. The van der Waals surface area contributed by atoms with Gasteiger partial charge in [0.05, 0.1) is 5.69 Å². The molecule has 1 atom stereocenters. The van der Waals surface area contributed by atoms with E-state index in [2.05, 4.69) is 44.5 Å². The maximum absolute atomic E-state index is 6.01. The highest BCUT2D eigenvalue weighted by atomic mass is 79.9. The van der Waals surface area contributed by atoms with Crippen LogP contribution in [0, 0.1) is 0 Å². The van der Waals surface area contributed by atoms with Gasteiger partial charge in [-0.15, -0.1) is 0 Å². The summed E-state index contributed by atoms with van der Waals surface area (Å²) >= 11 is 3.50. The Kier molecular flexibility index (Phi) is 3.64. The fraction of sp³-hybridized carbons (Fsp3) is 0.308.